The highest BCUT2D eigenvalue weighted by Gasteiger charge is 2.39. The molecule has 2 rings (SSSR count). The van der Waals surface area contributed by atoms with Gasteiger partial charge in [-0.25, -0.2) is 8.42 Å². The Balaban J connectivity index is 2.36. The number of hydrogen-bond donors (Lipinski definition) is 2. The molecule has 1 atom stereocenters. The minimum absolute atomic E-state index is 0.0464. The molecular weight excluding hydrogens is 286 g/mol. The molecule has 2 N–H and O–H groups in total. The van der Waals surface area contributed by atoms with Crippen molar-refractivity contribution in [3.63, 3.8) is 0 Å². The van der Waals surface area contributed by atoms with Crippen molar-refractivity contribution >= 4 is 21.9 Å². The monoisotopic (exact) mass is 301 g/mol. The molecule has 110 valence electrons. The summed E-state index contributed by atoms with van der Waals surface area (Å²) in [6, 6.07) is 0.200. The molecule has 0 saturated carbocycles. The lowest BCUT2D eigenvalue weighted by Gasteiger charge is -2.32. The van der Waals surface area contributed by atoms with E-state index in [1.807, 2.05) is 0 Å². The van der Waals surface area contributed by atoms with Gasteiger partial charge in [0.25, 0.3) is 0 Å². The second-order valence-corrected chi connectivity index (χ2v) is 6.42. The van der Waals surface area contributed by atoms with Crippen LogP contribution in [0.25, 0.3) is 0 Å². The molecule has 0 aromatic carbocycles. The molecule has 0 bridgehead atoms. The summed E-state index contributed by atoms with van der Waals surface area (Å²) in [7, 11) is -2.20. The van der Waals surface area contributed by atoms with E-state index >= 15 is 0 Å². The second kappa shape index (κ2) is 5.25. The summed E-state index contributed by atoms with van der Waals surface area (Å²) in [5, 5.41) is 11.3. The number of aryl methyl sites for hydroxylation is 1. The first-order valence-electron chi connectivity index (χ1n) is 5.95. The first-order chi connectivity index (χ1) is 9.32. The summed E-state index contributed by atoms with van der Waals surface area (Å²) in [4.78, 5) is 22.6. The maximum absolute atomic E-state index is 12.5. The van der Waals surface area contributed by atoms with Crippen LogP contribution in [0.5, 0.6) is 0 Å². The Labute approximate surface area is 116 Å². The van der Waals surface area contributed by atoms with Crippen LogP contribution in [0.15, 0.2) is 23.4 Å². The third-order valence-electron chi connectivity index (χ3n) is 3.06. The van der Waals surface area contributed by atoms with Gasteiger partial charge < -0.3 is 15.0 Å². The number of nitrogens with one attached hydrogen (secondary N) is 1. The third-order valence-corrected chi connectivity index (χ3v) is 4.95. The predicted octanol–water partition coefficient (Wildman–Crippen LogP) is -1.01. The van der Waals surface area contributed by atoms with Gasteiger partial charge >= 0.3 is 5.97 Å². The molecule has 1 fully saturated rings. The number of nitrogens with zero attached hydrogens (tertiary/aromatic N) is 2. The Kier molecular flexibility index (Phi) is 3.82. The van der Waals surface area contributed by atoms with Gasteiger partial charge in [-0.2, -0.15) is 4.31 Å². The average molecular weight is 301 g/mol. The average Bonchev–Trinajstić information content (AvgIpc) is 2.78. The molecular formula is C11H15N3O5S. The van der Waals surface area contributed by atoms with Gasteiger partial charge in [0.05, 0.1) is 11.3 Å². The zero-order valence-corrected chi connectivity index (χ0v) is 11.6. The van der Waals surface area contributed by atoms with Crippen LogP contribution < -0.4 is 5.32 Å². The van der Waals surface area contributed by atoms with E-state index in [0.29, 0.717) is 0 Å². The van der Waals surface area contributed by atoms with Crippen molar-refractivity contribution in [2.24, 2.45) is 7.05 Å². The number of sulfonamides is 1. The fourth-order valence-corrected chi connectivity index (χ4v) is 3.75. The Hall–Kier alpha value is -1.87. The van der Waals surface area contributed by atoms with Crippen LogP contribution in [0.3, 0.4) is 0 Å². The molecule has 1 amide bonds. The molecule has 0 aliphatic carbocycles. The lowest BCUT2D eigenvalue weighted by atomic mass is 10.1. The number of piperazine rings is 1. The number of carboxylic acids is 1. The van der Waals surface area contributed by atoms with Crippen molar-refractivity contribution in [1.29, 1.82) is 0 Å². The highest BCUT2D eigenvalue weighted by molar-refractivity contribution is 7.89. The van der Waals surface area contributed by atoms with Gasteiger partial charge in [0.2, 0.25) is 15.9 Å². The van der Waals surface area contributed by atoms with Crippen molar-refractivity contribution < 1.29 is 23.1 Å². The van der Waals surface area contributed by atoms with Crippen LogP contribution in [-0.2, 0) is 26.7 Å². The first-order valence-corrected chi connectivity index (χ1v) is 7.39. The van der Waals surface area contributed by atoms with Crippen molar-refractivity contribution in [3.8, 4) is 0 Å². The molecule has 1 aliphatic heterocycles. The summed E-state index contributed by atoms with van der Waals surface area (Å²) in [6.45, 7) is 0.224. The van der Waals surface area contributed by atoms with Crippen LogP contribution >= 0.6 is 0 Å². The predicted molar refractivity (Wildman–Crippen MR) is 68.4 cm³/mol. The van der Waals surface area contributed by atoms with E-state index in [9.17, 15) is 18.0 Å². The zero-order chi connectivity index (χ0) is 14.9. The van der Waals surface area contributed by atoms with Crippen LogP contribution in [0.2, 0.25) is 0 Å². The minimum Gasteiger partial charge on any atom is -0.481 e. The Morgan fingerprint density at radius 1 is 1.55 bits per heavy atom. The van der Waals surface area contributed by atoms with Gasteiger partial charge in [0, 0.05) is 32.5 Å². The highest BCUT2D eigenvalue weighted by atomic mass is 32.2. The molecule has 1 unspecified atom stereocenters. The molecule has 1 aliphatic rings. The molecule has 1 aromatic heterocycles. The summed E-state index contributed by atoms with van der Waals surface area (Å²) >= 11 is 0. The molecule has 1 saturated heterocycles. The number of carbonyl (C=O) groups is 2. The van der Waals surface area contributed by atoms with E-state index < -0.39 is 34.4 Å². The van der Waals surface area contributed by atoms with Crippen LogP contribution in [0, 0.1) is 0 Å². The van der Waals surface area contributed by atoms with E-state index in [0.717, 1.165) is 4.31 Å². The third kappa shape index (κ3) is 2.68. The number of rotatable bonds is 4. The number of aromatic nitrogens is 1. The molecule has 8 nitrogen and oxygen atoms in total. The summed E-state index contributed by atoms with van der Waals surface area (Å²) < 4.78 is 27.5. The summed E-state index contributed by atoms with van der Waals surface area (Å²) in [5.74, 6) is -1.81. The van der Waals surface area contributed by atoms with Gasteiger partial charge in [-0.05, 0) is 6.07 Å². The van der Waals surface area contributed by atoms with E-state index in [-0.39, 0.29) is 18.0 Å². The molecule has 1 aromatic rings. The molecule has 0 radical (unpaired) electrons. The largest absolute Gasteiger partial charge is 0.481 e. The van der Waals surface area contributed by atoms with Gasteiger partial charge in [-0.3, -0.25) is 9.59 Å². The molecule has 20 heavy (non-hydrogen) atoms. The van der Waals surface area contributed by atoms with Crippen molar-refractivity contribution in [3.05, 3.63) is 18.5 Å². The second-order valence-electron chi connectivity index (χ2n) is 4.53. The van der Waals surface area contributed by atoms with Gasteiger partial charge in [-0.1, -0.05) is 0 Å². The minimum atomic E-state index is -3.88. The number of hydrogen-bond acceptors (Lipinski definition) is 4. The van der Waals surface area contributed by atoms with E-state index in [4.69, 9.17) is 5.11 Å². The van der Waals surface area contributed by atoms with Crippen LogP contribution in [0.1, 0.15) is 6.42 Å². The first kappa shape index (κ1) is 14.5. The van der Waals surface area contributed by atoms with E-state index in [1.165, 1.54) is 12.3 Å². The Morgan fingerprint density at radius 3 is 2.80 bits per heavy atom. The highest BCUT2D eigenvalue weighted by Crippen LogP contribution is 2.21. The lowest BCUT2D eigenvalue weighted by Crippen LogP contribution is -2.57. The number of amides is 1. The van der Waals surface area contributed by atoms with Gasteiger partial charge in [0.15, 0.2) is 0 Å². The normalized spacial score (nSPS) is 20.6. The summed E-state index contributed by atoms with van der Waals surface area (Å²) in [6.07, 6.45) is 2.43. The lowest BCUT2D eigenvalue weighted by molar-refractivity contribution is -0.141. The topological polar surface area (TPSA) is 109 Å². The van der Waals surface area contributed by atoms with E-state index in [1.54, 1.807) is 17.8 Å². The van der Waals surface area contributed by atoms with Gasteiger partial charge in [0.1, 0.15) is 6.04 Å². The van der Waals surface area contributed by atoms with Crippen molar-refractivity contribution in [1.82, 2.24) is 14.2 Å². The van der Waals surface area contributed by atoms with Crippen molar-refractivity contribution in [2.75, 3.05) is 13.1 Å². The standard InChI is InChI=1S/C11H15N3O5S/c1-13-4-2-8(7-13)20(18,19)14-5-3-12-11(17)9(14)6-10(15)16/h2,4,7,9H,3,5-6H2,1H3,(H,12,17)(H,15,16). The molecule has 9 heteroatoms. The SMILES string of the molecule is Cn1ccc(S(=O)(=O)N2CCNC(=O)C2CC(=O)O)c1. The van der Waals surface area contributed by atoms with Crippen molar-refractivity contribution in [2.45, 2.75) is 17.4 Å². The van der Waals surface area contributed by atoms with Gasteiger partial charge in [-0.15, -0.1) is 0 Å². The number of aliphatic carboxylic acids is 1. The fraction of sp³-hybridized carbons (Fsp3) is 0.455. The number of carbonyl (C=O) groups excluding carboxylic acids is 1. The maximum Gasteiger partial charge on any atom is 0.305 e. The molecule has 2 heterocycles. The summed E-state index contributed by atoms with van der Waals surface area (Å²) in [5.41, 5.74) is 0. The quantitative estimate of drug-likeness (QED) is 0.740. The Morgan fingerprint density at radius 2 is 2.25 bits per heavy atom. The van der Waals surface area contributed by atoms with E-state index in [2.05, 4.69) is 5.32 Å². The maximum atomic E-state index is 12.5. The molecule has 0 spiro atoms. The van der Waals surface area contributed by atoms with Crippen LogP contribution in [0.4, 0.5) is 0 Å². The smallest absolute Gasteiger partial charge is 0.305 e. The fourth-order valence-electron chi connectivity index (χ4n) is 2.11. The Bertz CT molecular complexity index is 636. The number of carboxylic acid groups (broad SMARTS) is 1. The van der Waals surface area contributed by atoms with Crippen LogP contribution in [-0.4, -0.2) is 53.4 Å². The zero-order valence-electron chi connectivity index (χ0n) is 10.8.